The minimum atomic E-state index is 0. The Morgan fingerprint density at radius 2 is 1.44 bits per heavy atom. The van der Waals surface area contributed by atoms with Crippen LogP contribution in [-0.4, -0.2) is 6.61 Å². The Hall–Kier alpha value is 0.0595. The first-order valence-electron chi connectivity index (χ1n) is 4.94. The van der Waals surface area contributed by atoms with E-state index >= 15 is 0 Å². The van der Waals surface area contributed by atoms with E-state index < -0.39 is 0 Å². The van der Waals surface area contributed by atoms with Crippen molar-refractivity contribution >= 4 is 0 Å². The standard InChI is InChI=1S/C9H11O.C5H5.Fe/c1-8(2)10-7-9-5-3-4-6-9;1-2-4-5-3-1;/h3-6H,1,7H2,2H3;1-5H;. The van der Waals surface area contributed by atoms with E-state index in [1.54, 1.807) is 0 Å². The van der Waals surface area contributed by atoms with Crippen LogP contribution in [0.2, 0.25) is 0 Å². The molecule has 0 amide bonds. The van der Waals surface area contributed by atoms with Crippen molar-refractivity contribution in [2.24, 2.45) is 0 Å². The fourth-order valence-corrected chi connectivity index (χ4v) is 1.04. The Morgan fingerprint density at radius 1 is 1.00 bits per heavy atom. The normalized spacial score (nSPS) is 19.6. The summed E-state index contributed by atoms with van der Waals surface area (Å²) in [5.41, 5.74) is 0. The fourth-order valence-electron chi connectivity index (χ4n) is 1.04. The number of hydrogen-bond donors (Lipinski definition) is 0. The van der Waals surface area contributed by atoms with Crippen LogP contribution in [0.5, 0.6) is 0 Å². The second kappa shape index (κ2) is 10.2. The van der Waals surface area contributed by atoms with Gasteiger partial charge >= 0.3 is 0 Å². The Kier molecular flexibility index (Phi) is 10.3. The van der Waals surface area contributed by atoms with Crippen LogP contribution < -0.4 is 0 Å². The van der Waals surface area contributed by atoms with Gasteiger partial charge in [-0.15, -0.1) is 0 Å². The zero-order chi connectivity index (χ0) is 10.9. The van der Waals surface area contributed by atoms with Crippen LogP contribution in [0.15, 0.2) is 12.3 Å². The van der Waals surface area contributed by atoms with Crippen LogP contribution >= 0.6 is 0 Å². The molecule has 2 fully saturated rings. The van der Waals surface area contributed by atoms with Gasteiger partial charge in [-0.2, -0.15) is 0 Å². The molecule has 2 saturated carbocycles. The van der Waals surface area contributed by atoms with Crippen molar-refractivity contribution in [3.63, 3.8) is 0 Å². The topological polar surface area (TPSA) is 9.23 Å². The van der Waals surface area contributed by atoms with E-state index in [0.29, 0.717) is 6.61 Å². The van der Waals surface area contributed by atoms with Crippen molar-refractivity contribution in [2.45, 2.75) is 6.92 Å². The van der Waals surface area contributed by atoms with E-state index in [0.717, 1.165) is 5.76 Å². The van der Waals surface area contributed by atoms with E-state index in [4.69, 9.17) is 4.74 Å². The van der Waals surface area contributed by atoms with Gasteiger partial charge in [0.15, 0.2) is 0 Å². The molecule has 2 rings (SSSR count). The largest absolute Gasteiger partial charge is 0.498 e. The molecule has 0 atom stereocenters. The molecule has 1 nitrogen and oxygen atoms in total. The molecule has 10 radical (unpaired) electrons. The predicted molar refractivity (Wildman–Crippen MR) is 62.7 cm³/mol. The maximum atomic E-state index is 5.19. The molecule has 0 spiro atoms. The van der Waals surface area contributed by atoms with Crippen LogP contribution in [0, 0.1) is 63.7 Å². The number of hydrogen-bond acceptors (Lipinski definition) is 1. The minimum absolute atomic E-state index is 0. The Labute approximate surface area is 111 Å². The van der Waals surface area contributed by atoms with Gasteiger partial charge in [-0.3, -0.25) is 0 Å². The van der Waals surface area contributed by atoms with Crippen LogP contribution in [-0.2, 0) is 21.8 Å². The second-order valence-corrected chi connectivity index (χ2v) is 3.25. The summed E-state index contributed by atoms with van der Waals surface area (Å²) in [4.78, 5) is 0. The van der Waals surface area contributed by atoms with Crippen molar-refractivity contribution in [1.29, 1.82) is 0 Å². The van der Waals surface area contributed by atoms with E-state index in [-0.39, 0.29) is 17.1 Å². The summed E-state index contributed by atoms with van der Waals surface area (Å²) >= 11 is 0. The second-order valence-electron chi connectivity index (χ2n) is 3.25. The summed E-state index contributed by atoms with van der Waals surface area (Å²) in [6, 6.07) is 0. The smallest absolute Gasteiger partial charge is 0.0945 e. The van der Waals surface area contributed by atoms with Gasteiger partial charge in [0.2, 0.25) is 0 Å². The molecular weight excluding hydrogens is 240 g/mol. The minimum Gasteiger partial charge on any atom is -0.498 e. The van der Waals surface area contributed by atoms with Gasteiger partial charge in [0, 0.05) is 23.0 Å². The molecule has 0 aromatic carbocycles. The third-order valence-electron chi connectivity index (χ3n) is 1.77. The van der Waals surface area contributed by atoms with E-state index in [1.807, 2.05) is 64.7 Å². The van der Waals surface area contributed by atoms with Crippen LogP contribution in [0.3, 0.4) is 0 Å². The number of allylic oxidation sites excluding steroid dienone is 1. The third-order valence-corrected chi connectivity index (χ3v) is 1.77. The molecular formula is C14H16FeO. The van der Waals surface area contributed by atoms with Crippen LogP contribution in [0.4, 0.5) is 0 Å². The first-order chi connectivity index (χ1) is 7.29. The van der Waals surface area contributed by atoms with Gasteiger partial charge in [0.25, 0.3) is 0 Å². The third kappa shape index (κ3) is 8.24. The summed E-state index contributed by atoms with van der Waals surface area (Å²) in [5, 5.41) is 0. The molecule has 2 heteroatoms. The summed E-state index contributed by atoms with van der Waals surface area (Å²) < 4.78 is 5.19. The van der Waals surface area contributed by atoms with Crippen molar-refractivity contribution in [3.8, 4) is 0 Å². The molecule has 0 aliphatic heterocycles. The maximum Gasteiger partial charge on any atom is 0.0945 e. The van der Waals surface area contributed by atoms with Gasteiger partial charge < -0.3 is 4.74 Å². The molecule has 0 unspecified atom stereocenters. The number of rotatable bonds is 3. The van der Waals surface area contributed by atoms with Crippen molar-refractivity contribution < 1.29 is 21.8 Å². The molecule has 16 heavy (non-hydrogen) atoms. The molecule has 2 aliphatic rings. The number of ether oxygens (including phenoxy) is 1. The predicted octanol–water partition coefficient (Wildman–Crippen LogP) is 2.96. The zero-order valence-corrected chi connectivity index (χ0v) is 10.5. The summed E-state index contributed by atoms with van der Waals surface area (Å²) in [5.74, 6) is 1.96. The Balaban J connectivity index is 0.000000318. The molecule has 0 aromatic rings. The summed E-state index contributed by atoms with van der Waals surface area (Å²) in [7, 11) is 0. The fraction of sp³-hybridized carbons (Fsp3) is 0.143. The molecule has 0 heterocycles. The average molecular weight is 256 g/mol. The van der Waals surface area contributed by atoms with Gasteiger partial charge in [-0.05, 0) is 64.7 Å². The van der Waals surface area contributed by atoms with Crippen molar-refractivity contribution in [3.05, 3.63) is 76.0 Å². The van der Waals surface area contributed by atoms with Gasteiger partial charge in [0.1, 0.15) is 0 Å². The first kappa shape index (κ1) is 16.1. The monoisotopic (exact) mass is 256 g/mol. The molecule has 2 aliphatic carbocycles. The first-order valence-corrected chi connectivity index (χ1v) is 4.94. The summed E-state index contributed by atoms with van der Waals surface area (Å²) in [6.07, 6.45) is 18.1. The van der Waals surface area contributed by atoms with Crippen LogP contribution in [0.1, 0.15) is 6.92 Å². The van der Waals surface area contributed by atoms with E-state index in [2.05, 4.69) is 6.58 Å². The molecule has 0 N–H and O–H groups in total. The van der Waals surface area contributed by atoms with Gasteiger partial charge in [0.05, 0.1) is 12.4 Å². The Bertz CT molecular complexity index is 162. The SMILES string of the molecule is C=C(C)OC[C]1[CH][CH][CH][CH]1.[CH]1[CH][CH][CH][CH]1.[Fe]. The van der Waals surface area contributed by atoms with E-state index in [1.165, 1.54) is 5.92 Å². The van der Waals surface area contributed by atoms with Crippen molar-refractivity contribution in [2.75, 3.05) is 6.61 Å². The quantitative estimate of drug-likeness (QED) is 0.557. The Morgan fingerprint density at radius 3 is 1.81 bits per heavy atom. The van der Waals surface area contributed by atoms with Gasteiger partial charge in [-0.1, -0.05) is 6.58 Å². The summed E-state index contributed by atoms with van der Waals surface area (Å²) in [6.45, 7) is 6.12. The molecule has 0 saturated heterocycles. The molecule has 0 bridgehead atoms. The molecule has 0 aromatic heterocycles. The maximum absolute atomic E-state index is 5.19. The van der Waals surface area contributed by atoms with Crippen LogP contribution in [0.25, 0.3) is 0 Å². The molecule has 86 valence electrons. The average Bonchev–Trinajstić information content (AvgIpc) is 2.91. The van der Waals surface area contributed by atoms with E-state index in [9.17, 15) is 0 Å². The zero-order valence-electron chi connectivity index (χ0n) is 9.37. The van der Waals surface area contributed by atoms with Gasteiger partial charge in [-0.25, -0.2) is 0 Å². The van der Waals surface area contributed by atoms with Crippen molar-refractivity contribution in [1.82, 2.24) is 0 Å².